The van der Waals surface area contributed by atoms with Crippen LogP contribution in [0, 0.1) is 11.5 Å². The van der Waals surface area contributed by atoms with Crippen LogP contribution in [0.5, 0.6) is 11.5 Å². The topological polar surface area (TPSA) is 102 Å². The van der Waals surface area contributed by atoms with Crippen molar-refractivity contribution in [2.75, 3.05) is 31.5 Å². The Labute approximate surface area is 234 Å². The third kappa shape index (κ3) is 9.32. The first-order valence-corrected chi connectivity index (χ1v) is 13.5. The summed E-state index contributed by atoms with van der Waals surface area (Å²) < 4.78 is 5.84. The fraction of sp³-hybridized carbons (Fsp3) is 0.300. The Balaban J connectivity index is 1.41. The summed E-state index contributed by atoms with van der Waals surface area (Å²) in [5.74, 6) is 1.33. The molecule has 0 aliphatic carbocycles. The van der Waals surface area contributed by atoms with Gasteiger partial charge in [-0.05, 0) is 93.0 Å². The Morgan fingerprint density at radius 2 is 1.67 bits per heavy atom. The van der Waals surface area contributed by atoms with Crippen LogP contribution in [0.4, 0.5) is 5.69 Å². The zero-order chi connectivity index (χ0) is 27.3. The maximum atomic E-state index is 13.2. The average Bonchev–Trinajstić information content (AvgIpc) is 3.47. The molecular formula is C30H33ClN6O2. The molecule has 8 nitrogen and oxygen atoms in total. The van der Waals surface area contributed by atoms with Crippen LogP contribution < -0.4 is 20.7 Å². The summed E-state index contributed by atoms with van der Waals surface area (Å²) in [6, 6.07) is 23.4. The molecule has 202 valence electrons. The minimum absolute atomic E-state index is 0.175. The van der Waals surface area contributed by atoms with E-state index < -0.39 is 6.04 Å². The number of rotatable bonds is 11. The predicted octanol–water partition coefficient (Wildman–Crippen LogP) is 5.18. The lowest BCUT2D eigenvalue weighted by Gasteiger charge is -2.17. The van der Waals surface area contributed by atoms with E-state index in [2.05, 4.69) is 25.8 Å². The third-order valence-corrected chi connectivity index (χ3v) is 6.60. The fourth-order valence-corrected chi connectivity index (χ4v) is 4.48. The van der Waals surface area contributed by atoms with Gasteiger partial charge >= 0.3 is 0 Å². The molecule has 0 aromatic heterocycles. The number of hydrogen-bond donors (Lipinski definition) is 3. The first kappa shape index (κ1) is 28.0. The molecule has 1 heterocycles. The Bertz CT molecular complexity index is 1250. The van der Waals surface area contributed by atoms with Gasteiger partial charge < -0.3 is 20.3 Å². The third-order valence-electron chi connectivity index (χ3n) is 6.35. The number of nitrogens with one attached hydrogen (secondary N) is 3. The van der Waals surface area contributed by atoms with E-state index in [1.54, 1.807) is 36.4 Å². The van der Waals surface area contributed by atoms with E-state index in [1.807, 2.05) is 48.7 Å². The normalized spacial score (nSPS) is 14.3. The molecular weight excluding hydrogens is 512 g/mol. The number of ether oxygens (including phenoxy) is 1. The largest absolute Gasteiger partial charge is 0.457 e. The number of hydrogen-bond acceptors (Lipinski definition) is 5. The van der Waals surface area contributed by atoms with Gasteiger partial charge in [0.05, 0.1) is 0 Å². The molecule has 3 N–H and O–H groups in total. The second-order valence-corrected chi connectivity index (χ2v) is 9.76. The van der Waals surface area contributed by atoms with Crippen LogP contribution >= 0.6 is 11.6 Å². The molecule has 1 fully saturated rings. The quantitative estimate of drug-likeness (QED) is 0.101. The van der Waals surface area contributed by atoms with Crippen LogP contribution in [0.2, 0.25) is 5.02 Å². The first-order valence-electron chi connectivity index (χ1n) is 13.2. The van der Waals surface area contributed by atoms with E-state index in [4.69, 9.17) is 16.3 Å². The van der Waals surface area contributed by atoms with Gasteiger partial charge in [0.1, 0.15) is 17.5 Å². The maximum absolute atomic E-state index is 13.2. The van der Waals surface area contributed by atoms with Crippen molar-refractivity contribution in [3.8, 4) is 17.7 Å². The van der Waals surface area contributed by atoms with Gasteiger partial charge in [0, 0.05) is 23.7 Å². The molecule has 0 saturated carbocycles. The van der Waals surface area contributed by atoms with E-state index in [-0.39, 0.29) is 11.9 Å². The molecule has 9 heteroatoms. The van der Waals surface area contributed by atoms with Gasteiger partial charge in [-0.25, -0.2) is 4.99 Å². The number of guanidine groups is 1. The Kier molecular flexibility index (Phi) is 10.6. The van der Waals surface area contributed by atoms with Gasteiger partial charge in [-0.1, -0.05) is 41.9 Å². The standard InChI is InChI=1S/C30H33ClN6O2/c31-24-9-13-26(14-10-24)39-27-15-11-25(12-16-27)35-30(34-22-32)36-28(21-23-7-2-1-3-8-23)29(38)33-17-6-20-37-18-4-5-19-37/h1-3,7-16,28H,4-6,17-21H2,(H,33,38)(H2,34,35,36). The molecule has 0 bridgehead atoms. The number of benzene rings is 3. The highest BCUT2D eigenvalue weighted by atomic mass is 35.5. The summed E-state index contributed by atoms with van der Waals surface area (Å²) in [6.07, 6.45) is 5.71. The van der Waals surface area contributed by atoms with E-state index >= 15 is 0 Å². The van der Waals surface area contributed by atoms with Crippen LogP contribution in [0.25, 0.3) is 0 Å². The number of carbonyl (C=O) groups excluding carboxylic acids is 1. The molecule has 1 amide bonds. The molecule has 3 aromatic rings. The molecule has 3 aromatic carbocycles. The Morgan fingerprint density at radius 3 is 2.33 bits per heavy atom. The summed E-state index contributed by atoms with van der Waals surface area (Å²) >= 11 is 5.94. The molecule has 39 heavy (non-hydrogen) atoms. The highest BCUT2D eigenvalue weighted by Gasteiger charge is 2.20. The minimum atomic E-state index is -0.713. The maximum Gasteiger partial charge on any atom is 0.245 e. The molecule has 1 saturated heterocycles. The summed E-state index contributed by atoms with van der Waals surface area (Å²) in [6.45, 7) is 3.84. The van der Waals surface area contributed by atoms with Crippen molar-refractivity contribution in [3.05, 3.63) is 89.4 Å². The van der Waals surface area contributed by atoms with Gasteiger partial charge in [-0.15, -0.1) is 0 Å². The van der Waals surface area contributed by atoms with Crippen molar-refractivity contribution in [2.24, 2.45) is 4.99 Å². The molecule has 0 radical (unpaired) electrons. The number of anilines is 1. The minimum Gasteiger partial charge on any atom is -0.457 e. The number of amides is 1. The zero-order valence-corrected chi connectivity index (χ0v) is 22.5. The van der Waals surface area contributed by atoms with Gasteiger partial charge in [0.15, 0.2) is 6.19 Å². The van der Waals surface area contributed by atoms with Crippen molar-refractivity contribution < 1.29 is 9.53 Å². The zero-order valence-electron chi connectivity index (χ0n) is 21.8. The summed E-state index contributed by atoms with van der Waals surface area (Å²) in [5, 5.41) is 18.7. The average molecular weight is 545 g/mol. The van der Waals surface area contributed by atoms with Crippen molar-refractivity contribution in [2.45, 2.75) is 31.7 Å². The van der Waals surface area contributed by atoms with Crippen LogP contribution in [-0.2, 0) is 11.2 Å². The molecule has 0 spiro atoms. The van der Waals surface area contributed by atoms with E-state index in [0.29, 0.717) is 35.2 Å². The number of likely N-dealkylation sites (tertiary alicyclic amines) is 1. The Morgan fingerprint density at radius 1 is 1.00 bits per heavy atom. The SMILES string of the molecule is N#CNC(=NC(Cc1ccccc1)C(=O)NCCCN1CCCC1)Nc1ccc(Oc2ccc(Cl)cc2)cc1. The number of halogens is 1. The van der Waals surface area contributed by atoms with Crippen molar-refractivity contribution in [3.63, 3.8) is 0 Å². The van der Waals surface area contributed by atoms with Crippen LogP contribution in [0.1, 0.15) is 24.8 Å². The molecule has 1 unspecified atom stereocenters. The smallest absolute Gasteiger partial charge is 0.245 e. The van der Waals surface area contributed by atoms with E-state index in [9.17, 15) is 10.1 Å². The van der Waals surface area contributed by atoms with Gasteiger partial charge in [0.2, 0.25) is 11.9 Å². The van der Waals surface area contributed by atoms with Crippen molar-refractivity contribution in [1.82, 2.24) is 15.5 Å². The summed E-state index contributed by atoms with van der Waals surface area (Å²) in [4.78, 5) is 20.2. The lowest BCUT2D eigenvalue weighted by Crippen LogP contribution is -2.39. The second-order valence-electron chi connectivity index (χ2n) is 9.32. The number of carbonyl (C=O) groups is 1. The Hall–Kier alpha value is -4.06. The highest BCUT2D eigenvalue weighted by molar-refractivity contribution is 6.30. The van der Waals surface area contributed by atoms with E-state index in [0.717, 1.165) is 31.6 Å². The van der Waals surface area contributed by atoms with Crippen LogP contribution in [0.3, 0.4) is 0 Å². The summed E-state index contributed by atoms with van der Waals surface area (Å²) in [5.41, 5.74) is 1.67. The van der Waals surface area contributed by atoms with Gasteiger partial charge in [-0.2, -0.15) is 5.26 Å². The summed E-state index contributed by atoms with van der Waals surface area (Å²) in [7, 11) is 0. The van der Waals surface area contributed by atoms with Crippen molar-refractivity contribution >= 4 is 29.2 Å². The molecule has 1 atom stereocenters. The lowest BCUT2D eigenvalue weighted by molar-refractivity contribution is -0.122. The van der Waals surface area contributed by atoms with Gasteiger partial charge in [-0.3, -0.25) is 10.1 Å². The van der Waals surface area contributed by atoms with Gasteiger partial charge in [0.25, 0.3) is 0 Å². The van der Waals surface area contributed by atoms with E-state index in [1.165, 1.54) is 12.8 Å². The highest BCUT2D eigenvalue weighted by Crippen LogP contribution is 2.24. The number of nitriles is 1. The molecule has 1 aliphatic heterocycles. The second kappa shape index (κ2) is 14.8. The van der Waals surface area contributed by atoms with Crippen molar-refractivity contribution in [1.29, 1.82) is 5.26 Å². The van der Waals surface area contributed by atoms with Crippen LogP contribution in [-0.4, -0.2) is 49.0 Å². The molecule has 4 rings (SSSR count). The number of aliphatic imine (C=N–C) groups is 1. The fourth-order valence-electron chi connectivity index (χ4n) is 4.36. The lowest BCUT2D eigenvalue weighted by atomic mass is 10.1. The number of nitrogens with zero attached hydrogens (tertiary/aromatic N) is 3. The monoisotopic (exact) mass is 544 g/mol. The first-order chi connectivity index (χ1) is 19.1. The predicted molar refractivity (Wildman–Crippen MR) is 155 cm³/mol. The molecule has 1 aliphatic rings. The van der Waals surface area contributed by atoms with Crippen LogP contribution in [0.15, 0.2) is 83.9 Å².